The fraction of sp³-hybridized carbons (Fsp3) is 0.600. The van der Waals surface area contributed by atoms with Gasteiger partial charge in [-0.3, -0.25) is 4.79 Å². The zero-order valence-corrected chi connectivity index (χ0v) is 15.9. The van der Waals surface area contributed by atoms with Crippen LogP contribution in [0.4, 0.5) is 5.13 Å². The molecule has 2 saturated heterocycles. The Balaban J connectivity index is 1.48. The van der Waals surface area contributed by atoms with Crippen molar-refractivity contribution < 1.29 is 4.79 Å². The molecule has 4 nitrogen and oxygen atoms in total. The zero-order valence-electron chi connectivity index (χ0n) is 15.0. The summed E-state index contributed by atoms with van der Waals surface area (Å²) in [5.74, 6) is 0.518. The molecule has 0 saturated carbocycles. The number of benzene rings is 1. The summed E-state index contributed by atoms with van der Waals surface area (Å²) in [7, 11) is 0. The molecule has 2 aliphatic rings. The predicted octanol–water partition coefficient (Wildman–Crippen LogP) is 4.22. The minimum absolute atomic E-state index is 0.139. The Morgan fingerprint density at radius 1 is 1.12 bits per heavy atom. The van der Waals surface area contributed by atoms with E-state index in [0.717, 1.165) is 49.7 Å². The summed E-state index contributed by atoms with van der Waals surface area (Å²) in [6, 6.07) is 6.43. The summed E-state index contributed by atoms with van der Waals surface area (Å²) < 4.78 is 1.25. The van der Waals surface area contributed by atoms with E-state index in [-0.39, 0.29) is 5.92 Å². The zero-order chi connectivity index (χ0) is 17.2. The van der Waals surface area contributed by atoms with Crippen LogP contribution in [0.5, 0.6) is 0 Å². The van der Waals surface area contributed by atoms with E-state index in [1.807, 2.05) is 0 Å². The number of likely N-dealkylation sites (tertiary alicyclic amines) is 1. The number of piperidine rings is 1. The first kappa shape index (κ1) is 16.8. The lowest BCUT2D eigenvalue weighted by Gasteiger charge is -2.34. The van der Waals surface area contributed by atoms with Crippen LogP contribution in [0.15, 0.2) is 18.2 Å². The first-order valence-corrected chi connectivity index (χ1v) is 10.4. The lowest BCUT2D eigenvalue weighted by molar-refractivity contribution is -0.135. The van der Waals surface area contributed by atoms with Gasteiger partial charge in [-0.15, -0.1) is 0 Å². The Bertz CT molecular complexity index is 748. The van der Waals surface area contributed by atoms with Gasteiger partial charge in [0.2, 0.25) is 5.91 Å². The first-order chi connectivity index (χ1) is 12.2. The van der Waals surface area contributed by atoms with E-state index in [1.54, 1.807) is 11.3 Å². The largest absolute Gasteiger partial charge is 0.347 e. The lowest BCUT2D eigenvalue weighted by atomic mass is 9.96. The van der Waals surface area contributed by atoms with Gasteiger partial charge >= 0.3 is 0 Å². The third kappa shape index (κ3) is 3.66. The molecule has 3 heterocycles. The van der Waals surface area contributed by atoms with Crippen molar-refractivity contribution in [2.24, 2.45) is 5.92 Å². The van der Waals surface area contributed by atoms with Crippen LogP contribution >= 0.6 is 11.3 Å². The Labute approximate surface area is 153 Å². The first-order valence-electron chi connectivity index (χ1n) is 9.61. The summed E-state index contributed by atoms with van der Waals surface area (Å²) in [5.41, 5.74) is 2.35. The molecule has 2 fully saturated rings. The van der Waals surface area contributed by atoms with Crippen LogP contribution in [-0.2, 0) is 4.79 Å². The number of amides is 1. The summed E-state index contributed by atoms with van der Waals surface area (Å²) >= 11 is 1.76. The van der Waals surface area contributed by atoms with Gasteiger partial charge in [0.15, 0.2) is 5.13 Å². The van der Waals surface area contributed by atoms with E-state index in [0.29, 0.717) is 5.91 Å². The summed E-state index contributed by atoms with van der Waals surface area (Å²) in [6.07, 6.45) is 6.98. The molecule has 0 bridgehead atoms. The maximum absolute atomic E-state index is 13.0. The third-order valence-corrected chi connectivity index (χ3v) is 6.57. The number of anilines is 1. The van der Waals surface area contributed by atoms with Crippen molar-refractivity contribution in [3.63, 3.8) is 0 Å². The predicted molar refractivity (Wildman–Crippen MR) is 104 cm³/mol. The molecule has 2 aromatic rings. The number of aromatic nitrogens is 1. The summed E-state index contributed by atoms with van der Waals surface area (Å²) in [4.78, 5) is 22.3. The van der Waals surface area contributed by atoms with Crippen molar-refractivity contribution in [3.05, 3.63) is 23.8 Å². The average molecular weight is 358 g/mol. The molecule has 1 aromatic carbocycles. The fourth-order valence-electron chi connectivity index (χ4n) is 4.06. The number of rotatable bonds is 2. The van der Waals surface area contributed by atoms with Crippen LogP contribution in [0.1, 0.15) is 44.1 Å². The number of fused-ring (bicyclic) bond motifs is 1. The molecule has 0 N–H and O–H groups in total. The molecule has 4 rings (SSSR count). The van der Waals surface area contributed by atoms with Crippen LogP contribution < -0.4 is 4.90 Å². The Morgan fingerprint density at radius 2 is 1.92 bits per heavy atom. The van der Waals surface area contributed by atoms with Gasteiger partial charge in [0.05, 0.1) is 16.1 Å². The van der Waals surface area contributed by atoms with Gasteiger partial charge in [0, 0.05) is 26.2 Å². The highest BCUT2D eigenvalue weighted by Gasteiger charge is 2.30. The topological polar surface area (TPSA) is 36.4 Å². The van der Waals surface area contributed by atoms with Crippen LogP contribution in [0, 0.1) is 12.8 Å². The Morgan fingerprint density at radius 3 is 2.72 bits per heavy atom. The molecule has 134 valence electrons. The monoisotopic (exact) mass is 357 g/mol. The van der Waals surface area contributed by atoms with Crippen molar-refractivity contribution in [1.29, 1.82) is 0 Å². The molecule has 1 aromatic heterocycles. The Kier molecular flexibility index (Phi) is 4.93. The number of hydrogen-bond donors (Lipinski definition) is 0. The van der Waals surface area contributed by atoms with E-state index in [9.17, 15) is 4.79 Å². The SMILES string of the molecule is Cc1ccc2nc(N3CCCC(C(=O)N4CCCCCC4)C3)sc2c1. The van der Waals surface area contributed by atoms with Gasteiger partial charge in [-0.2, -0.15) is 0 Å². The van der Waals surface area contributed by atoms with Gasteiger partial charge in [-0.05, 0) is 50.3 Å². The lowest BCUT2D eigenvalue weighted by Crippen LogP contribution is -2.45. The van der Waals surface area contributed by atoms with E-state index in [2.05, 4.69) is 34.9 Å². The molecule has 0 spiro atoms. The molecule has 1 unspecified atom stereocenters. The Hall–Kier alpha value is -1.62. The molecule has 1 amide bonds. The van der Waals surface area contributed by atoms with Gasteiger partial charge in [-0.25, -0.2) is 4.98 Å². The van der Waals surface area contributed by atoms with Gasteiger partial charge in [-0.1, -0.05) is 30.2 Å². The average Bonchev–Trinajstić information content (AvgIpc) is 2.86. The van der Waals surface area contributed by atoms with Crippen molar-refractivity contribution in [2.75, 3.05) is 31.1 Å². The van der Waals surface area contributed by atoms with Crippen LogP contribution in [0.25, 0.3) is 10.2 Å². The molecule has 2 aliphatic heterocycles. The third-order valence-electron chi connectivity index (χ3n) is 5.49. The number of carbonyl (C=O) groups excluding carboxylic acids is 1. The number of thiazole rings is 1. The van der Waals surface area contributed by atoms with Crippen molar-refractivity contribution >= 4 is 32.6 Å². The summed E-state index contributed by atoms with van der Waals surface area (Å²) in [6.45, 7) is 5.87. The second kappa shape index (κ2) is 7.32. The van der Waals surface area contributed by atoms with Crippen LogP contribution in [0.3, 0.4) is 0 Å². The molecule has 1 atom stereocenters. The highest BCUT2D eigenvalue weighted by Crippen LogP contribution is 2.32. The van der Waals surface area contributed by atoms with Crippen LogP contribution in [-0.4, -0.2) is 42.0 Å². The molecule has 25 heavy (non-hydrogen) atoms. The molecular formula is C20H27N3OS. The number of aryl methyl sites for hydroxylation is 1. The van der Waals surface area contributed by atoms with E-state index >= 15 is 0 Å². The number of carbonyl (C=O) groups is 1. The highest BCUT2D eigenvalue weighted by molar-refractivity contribution is 7.22. The number of nitrogens with zero attached hydrogens (tertiary/aromatic N) is 3. The van der Waals surface area contributed by atoms with Crippen molar-refractivity contribution in [1.82, 2.24) is 9.88 Å². The van der Waals surface area contributed by atoms with Gasteiger partial charge < -0.3 is 9.80 Å². The second-order valence-electron chi connectivity index (χ2n) is 7.49. The van der Waals surface area contributed by atoms with E-state index < -0.39 is 0 Å². The maximum Gasteiger partial charge on any atom is 0.227 e. The molecule has 0 radical (unpaired) electrons. The fourth-order valence-corrected chi connectivity index (χ4v) is 5.16. The maximum atomic E-state index is 13.0. The van der Waals surface area contributed by atoms with E-state index in [4.69, 9.17) is 4.98 Å². The normalized spacial score (nSPS) is 22.2. The minimum Gasteiger partial charge on any atom is -0.347 e. The van der Waals surface area contributed by atoms with Crippen LogP contribution in [0.2, 0.25) is 0 Å². The molecular weight excluding hydrogens is 330 g/mol. The quantitative estimate of drug-likeness (QED) is 0.807. The highest BCUT2D eigenvalue weighted by atomic mass is 32.1. The standard InChI is InChI=1S/C20H27N3OS/c1-15-8-9-17-18(13-15)25-20(21-17)23-12-6-7-16(14-23)19(24)22-10-4-2-3-5-11-22/h8-9,13,16H,2-7,10-12,14H2,1H3. The molecule has 5 heteroatoms. The smallest absolute Gasteiger partial charge is 0.227 e. The van der Waals surface area contributed by atoms with Gasteiger partial charge in [0.1, 0.15) is 0 Å². The van der Waals surface area contributed by atoms with Gasteiger partial charge in [0.25, 0.3) is 0 Å². The van der Waals surface area contributed by atoms with Crippen molar-refractivity contribution in [2.45, 2.75) is 45.4 Å². The second-order valence-corrected chi connectivity index (χ2v) is 8.50. The minimum atomic E-state index is 0.139. The van der Waals surface area contributed by atoms with Crippen molar-refractivity contribution in [3.8, 4) is 0 Å². The summed E-state index contributed by atoms with van der Waals surface area (Å²) in [5, 5.41) is 1.08. The van der Waals surface area contributed by atoms with E-state index in [1.165, 1.54) is 35.9 Å². The molecule has 0 aliphatic carbocycles. The number of hydrogen-bond acceptors (Lipinski definition) is 4.